The SMILES string of the molecule is CC(C)(C)NC(=O)O[C@H]1CCN(C(=O)C(c2ccc(OCc3ccccc3)cc2)C2(O)CCCCC2)C1. The lowest BCUT2D eigenvalue weighted by Crippen LogP contribution is -2.48. The van der Waals surface area contributed by atoms with Crippen LogP contribution in [0.25, 0.3) is 0 Å². The molecule has 2 N–H and O–H groups in total. The normalized spacial score (nSPS) is 20.2. The highest BCUT2D eigenvalue weighted by Crippen LogP contribution is 2.42. The Morgan fingerprint density at radius 3 is 2.38 bits per heavy atom. The van der Waals surface area contributed by atoms with Crippen LogP contribution in [0.3, 0.4) is 0 Å². The molecule has 0 radical (unpaired) electrons. The molecule has 1 saturated heterocycles. The molecular weight excluding hydrogens is 468 g/mol. The largest absolute Gasteiger partial charge is 0.489 e. The number of nitrogens with zero attached hydrogens (tertiary/aromatic N) is 1. The van der Waals surface area contributed by atoms with Crippen LogP contribution in [0.2, 0.25) is 0 Å². The van der Waals surface area contributed by atoms with E-state index >= 15 is 0 Å². The maximum Gasteiger partial charge on any atom is 0.407 e. The number of hydrogen-bond donors (Lipinski definition) is 2. The minimum atomic E-state index is -1.09. The molecule has 2 atom stereocenters. The predicted molar refractivity (Wildman–Crippen MR) is 142 cm³/mol. The number of aliphatic hydroxyl groups is 1. The molecular formula is C30H40N2O5. The second kappa shape index (κ2) is 11.5. The van der Waals surface area contributed by atoms with E-state index in [9.17, 15) is 14.7 Å². The fraction of sp³-hybridized carbons (Fsp3) is 0.533. The van der Waals surface area contributed by atoms with Gasteiger partial charge in [-0.05, 0) is 56.9 Å². The Labute approximate surface area is 220 Å². The van der Waals surface area contributed by atoms with E-state index in [0.29, 0.717) is 44.7 Å². The summed E-state index contributed by atoms with van der Waals surface area (Å²) in [7, 11) is 0. The number of alkyl carbamates (subject to hydrolysis) is 1. The van der Waals surface area contributed by atoms with Crippen molar-refractivity contribution in [3.63, 3.8) is 0 Å². The molecule has 200 valence electrons. The van der Waals surface area contributed by atoms with Gasteiger partial charge in [-0.2, -0.15) is 0 Å². The van der Waals surface area contributed by atoms with Crippen molar-refractivity contribution in [2.24, 2.45) is 0 Å². The van der Waals surface area contributed by atoms with Crippen LogP contribution in [0.15, 0.2) is 54.6 Å². The first-order valence-corrected chi connectivity index (χ1v) is 13.4. The van der Waals surface area contributed by atoms with E-state index < -0.39 is 23.2 Å². The number of carbonyl (C=O) groups is 2. The molecule has 1 aliphatic carbocycles. The third-order valence-corrected chi connectivity index (χ3v) is 7.17. The van der Waals surface area contributed by atoms with Gasteiger partial charge in [0.2, 0.25) is 5.91 Å². The quantitative estimate of drug-likeness (QED) is 0.539. The van der Waals surface area contributed by atoms with Gasteiger partial charge in [-0.1, -0.05) is 61.7 Å². The lowest BCUT2D eigenvalue weighted by molar-refractivity contribution is -0.141. The van der Waals surface area contributed by atoms with Gasteiger partial charge in [0, 0.05) is 18.5 Å². The third-order valence-electron chi connectivity index (χ3n) is 7.17. The number of ether oxygens (including phenoxy) is 2. The molecule has 4 rings (SSSR count). The van der Waals surface area contributed by atoms with Crippen LogP contribution < -0.4 is 10.1 Å². The minimum absolute atomic E-state index is 0.107. The molecule has 1 aliphatic heterocycles. The number of rotatable bonds is 7. The molecule has 1 heterocycles. The van der Waals surface area contributed by atoms with Gasteiger partial charge in [-0.3, -0.25) is 4.79 Å². The Bertz CT molecular complexity index is 1040. The van der Waals surface area contributed by atoms with E-state index in [-0.39, 0.29) is 12.0 Å². The van der Waals surface area contributed by atoms with Crippen LogP contribution >= 0.6 is 0 Å². The van der Waals surface area contributed by atoms with Crippen LogP contribution in [-0.4, -0.2) is 52.3 Å². The zero-order valence-electron chi connectivity index (χ0n) is 22.2. The van der Waals surface area contributed by atoms with Gasteiger partial charge in [-0.15, -0.1) is 0 Å². The topological polar surface area (TPSA) is 88.1 Å². The lowest BCUT2D eigenvalue weighted by Gasteiger charge is -2.40. The van der Waals surface area contributed by atoms with Gasteiger partial charge in [0.25, 0.3) is 0 Å². The summed E-state index contributed by atoms with van der Waals surface area (Å²) in [6, 6.07) is 17.5. The summed E-state index contributed by atoms with van der Waals surface area (Å²) in [5.74, 6) is -0.0586. The predicted octanol–water partition coefficient (Wildman–Crippen LogP) is 5.17. The number of carbonyl (C=O) groups excluding carboxylic acids is 2. The maximum absolute atomic E-state index is 13.9. The first-order valence-electron chi connectivity index (χ1n) is 13.4. The van der Waals surface area contributed by atoms with Gasteiger partial charge in [0.05, 0.1) is 18.1 Å². The Morgan fingerprint density at radius 2 is 1.73 bits per heavy atom. The molecule has 2 fully saturated rings. The summed E-state index contributed by atoms with van der Waals surface area (Å²) in [4.78, 5) is 27.9. The Morgan fingerprint density at radius 1 is 1.05 bits per heavy atom. The Balaban J connectivity index is 1.46. The molecule has 2 aromatic carbocycles. The highest BCUT2D eigenvalue weighted by atomic mass is 16.6. The number of amides is 2. The van der Waals surface area contributed by atoms with Crippen molar-refractivity contribution in [1.29, 1.82) is 0 Å². The first-order chi connectivity index (χ1) is 17.6. The summed E-state index contributed by atoms with van der Waals surface area (Å²) in [5, 5.41) is 14.5. The molecule has 2 aromatic rings. The number of benzene rings is 2. The van der Waals surface area contributed by atoms with Crippen LogP contribution in [0.5, 0.6) is 5.75 Å². The second-order valence-corrected chi connectivity index (χ2v) is 11.4. The standard InChI is InChI=1S/C30H40N2O5/c1-29(2,3)31-28(34)37-25-16-19-32(20-25)27(33)26(30(35)17-8-5-9-18-30)23-12-14-24(15-13-23)36-21-22-10-6-4-7-11-22/h4,6-7,10-15,25-26,35H,5,8-9,16-21H2,1-3H3,(H,31,34)/t25-,26?/m0/s1. The summed E-state index contributed by atoms with van der Waals surface area (Å²) in [6.45, 7) is 6.98. The van der Waals surface area contributed by atoms with Crippen molar-refractivity contribution in [3.05, 3.63) is 65.7 Å². The Hall–Kier alpha value is -3.06. The molecule has 1 unspecified atom stereocenters. The molecule has 7 nitrogen and oxygen atoms in total. The van der Waals surface area contributed by atoms with Crippen molar-refractivity contribution in [2.75, 3.05) is 13.1 Å². The van der Waals surface area contributed by atoms with Crippen LogP contribution in [0.4, 0.5) is 4.79 Å². The van der Waals surface area contributed by atoms with E-state index in [1.165, 1.54) is 0 Å². The summed E-state index contributed by atoms with van der Waals surface area (Å²) in [6.07, 6.45) is 3.81. The van der Waals surface area contributed by atoms with Crippen molar-refractivity contribution >= 4 is 12.0 Å². The summed E-state index contributed by atoms with van der Waals surface area (Å²) in [5.41, 5.74) is 0.386. The molecule has 1 saturated carbocycles. The van der Waals surface area contributed by atoms with Crippen LogP contribution in [0, 0.1) is 0 Å². The van der Waals surface area contributed by atoms with Crippen molar-refractivity contribution in [2.45, 2.75) is 89.1 Å². The molecule has 0 bridgehead atoms. The van der Waals surface area contributed by atoms with E-state index in [1.807, 2.05) is 75.4 Å². The van der Waals surface area contributed by atoms with Crippen molar-refractivity contribution < 1.29 is 24.2 Å². The minimum Gasteiger partial charge on any atom is -0.489 e. The van der Waals surface area contributed by atoms with Gasteiger partial charge >= 0.3 is 6.09 Å². The van der Waals surface area contributed by atoms with Crippen LogP contribution in [0.1, 0.15) is 76.3 Å². The molecule has 37 heavy (non-hydrogen) atoms. The highest BCUT2D eigenvalue weighted by molar-refractivity contribution is 5.85. The monoisotopic (exact) mass is 508 g/mol. The smallest absolute Gasteiger partial charge is 0.407 e. The average molecular weight is 509 g/mol. The average Bonchev–Trinajstić information content (AvgIpc) is 3.32. The van der Waals surface area contributed by atoms with Gasteiger partial charge in [0.15, 0.2) is 0 Å². The summed E-state index contributed by atoms with van der Waals surface area (Å²) < 4.78 is 11.5. The van der Waals surface area contributed by atoms with Crippen molar-refractivity contribution in [1.82, 2.24) is 10.2 Å². The zero-order chi connectivity index (χ0) is 26.5. The second-order valence-electron chi connectivity index (χ2n) is 11.4. The summed E-state index contributed by atoms with van der Waals surface area (Å²) >= 11 is 0. The molecule has 0 aromatic heterocycles. The number of hydrogen-bond acceptors (Lipinski definition) is 5. The van der Waals surface area contributed by atoms with E-state index in [1.54, 1.807) is 4.90 Å². The first kappa shape index (κ1) is 27.0. The fourth-order valence-electron chi connectivity index (χ4n) is 5.33. The van der Waals surface area contributed by atoms with Crippen LogP contribution in [-0.2, 0) is 16.1 Å². The molecule has 7 heteroatoms. The van der Waals surface area contributed by atoms with Crippen molar-refractivity contribution in [3.8, 4) is 5.75 Å². The fourth-order valence-corrected chi connectivity index (χ4v) is 5.33. The third kappa shape index (κ3) is 7.25. The van der Waals surface area contributed by atoms with Gasteiger partial charge < -0.3 is 24.8 Å². The maximum atomic E-state index is 13.9. The van der Waals surface area contributed by atoms with Gasteiger partial charge in [0.1, 0.15) is 18.5 Å². The molecule has 2 amide bonds. The Kier molecular flexibility index (Phi) is 8.42. The van der Waals surface area contributed by atoms with E-state index in [2.05, 4.69) is 5.32 Å². The van der Waals surface area contributed by atoms with Gasteiger partial charge in [-0.25, -0.2) is 4.79 Å². The van der Waals surface area contributed by atoms with E-state index in [4.69, 9.17) is 9.47 Å². The lowest BCUT2D eigenvalue weighted by atomic mass is 9.72. The zero-order valence-corrected chi connectivity index (χ0v) is 22.2. The van der Waals surface area contributed by atoms with E-state index in [0.717, 1.165) is 30.4 Å². The number of nitrogens with one attached hydrogen (secondary N) is 1. The highest BCUT2D eigenvalue weighted by Gasteiger charge is 2.46. The molecule has 0 spiro atoms. The molecule has 2 aliphatic rings. The number of likely N-dealkylation sites (tertiary alicyclic amines) is 1.